The number of hydrogen-bond donors (Lipinski definition) is 2. The molecular formula is C18H26O2. The fraction of sp³-hybridized carbons (Fsp3) is 0.556. The van der Waals surface area contributed by atoms with Gasteiger partial charge < -0.3 is 10.2 Å². The summed E-state index contributed by atoms with van der Waals surface area (Å²) < 4.78 is 0. The Labute approximate surface area is 123 Å². The average Bonchev–Trinajstić information content (AvgIpc) is 2.47. The molecule has 0 aromatic heterocycles. The minimum atomic E-state index is 0.0201. The predicted molar refractivity (Wildman–Crippen MR) is 84.9 cm³/mol. The number of aliphatic hydroxyl groups is 2. The second-order valence-corrected chi connectivity index (χ2v) is 4.47. The van der Waals surface area contributed by atoms with E-state index in [0.717, 1.165) is 25.7 Å². The summed E-state index contributed by atoms with van der Waals surface area (Å²) in [5.74, 6) is 11.1. The second kappa shape index (κ2) is 17.5. The smallest absolute Gasteiger partial charge is 0.0621 e. The lowest BCUT2D eigenvalue weighted by atomic mass is 10.1. The molecule has 0 aliphatic carbocycles. The molecule has 2 heteroatoms. The number of aliphatic hydroxyl groups excluding tert-OH is 2. The summed E-state index contributed by atoms with van der Waals surface area (Å²) in [5, 5.41) is 17.1. The maximum absolute atomic E-state index is 8.64. The molecule has 0 aromatic carbocycles. The van der Waals surface area contributed by atoms with Crippen molar-refractivity contribution in [2.24, 2.45) is 0 Å². The summed E-state index contributed by atoms with van der Waals surface area (Å²) in [6, 6.07) is 0. The summed E-state index contributed by atoms with van der Waals surface area (Å²) in [7, 11) is 0. The van der Waals surface area contributed by atoms with Crippen LogP contribution in [-0.2, 0) is 0 Å². The fourth-order valence-electron chi connectivity index (χ4n) is 1.63. The van der Waals surface area contributed by atoms with E-state index in [-0.39, 0.29) is 6.61 Å². The van der Waals surface area contributed by atoms with E-state index in [1.54, 1.807) is 12.2 Å². The van der Waals surface area contributed by atoms with Gasteiger partial charge in [-0.1, -0.05) is 55.8 Å². The SMILES string of the molecule is OC/C=C/C#CC#CC/C=C\CCCCCCCCO. The van der Waals surface area contributed by atoms with Crippen molar-refractivity contribution < 1.29 is 10.2 Å². The Morgan fingerprint density at radius 2 is 1.50 bits per heavy atom. The molecule has 0 aliphatic heterocycles. The molecule has 0 rings (SSSR count). The van der Waals surface area contributed by atoms with Gasteiger partial charge in [-0.05, 0) is 37.2 Å². The van der Waals surface area contributed by atoms with Crippen molar-refractivity contribution in [2.45, 2.75) is 51.4 Å². The van der Waals surface area contributed by atoms with Gasteiger partial charge in [0.1, 0.15) is 0 Å². The molecule has 0 atom stereocenters. The van der Waals surface area contributed by atoms with E-state index in [9.17, 15) is 0 Å². The Hall–Kier alpha value is -1.48. The van der Waals surface area contributed by atoms with Gasteiger partial charge in [-0.15, -0.1) is 0 Å². The van der Waals surface area contributed by atoms with Gasteiger partial charge in [-0.2, -0.15) is 0 Å². The Kier molecular flexibility index (Phi) is 16.2. The molecule has 2 N–H and O–H groups in total. The number of allylic oxidation sites excluding steroid dienone is 3. The Morgan fingerprint density at radius 1 is 0.750 bits per heavy atom. The van der Waals surface area contributed by atoms with Crippen LogP contribution < -0.4 is 0 Å². The van der Waals surface area contributed by atoms with E-state index in [1.807, 2.05) is 0 Å². The van der Waals surface area contributed by atoms with Crippen molar-refractivity contribution >= 4 is 0 Å². The van der Waals surface area contributed by atoms with Gasteiger partial charge in [-0.3, -0.25) is 0 Å². The highest BCUT2D eigenvalue weighted by Crippen LogP contribution is 2.07. The zero-order chi connectivity index (χ0) is 14.7. The van der Waals surface area contributed by atoms with Crippen LogP contribution in [0.5, 0.6) is 0 Å². The third-order valence-corrected chi connectivity index (χ3v) is 2.70. The molecule has 20 heavy (non-hydrogen) atoms. The molecular weight excluding hydrogens is 248 g/mol. The first kappa shape index (κ1) is 18.5. The topological polar surface area (TPSA) is 40.5 Å². The van der Waals surface area contributed by atoms with E-state index in [4.69, 9.17) is 10.2 Å². The number of rotatable bonds is 10. The Balaban J connectivity index is 3.37. The largest absolute Gasteiger partial charge is 0.396 e. The molecule has 0 saturated carbocycles. The van der Waals surface area contributed by atoms with Gasteiger partial charge >= 0.3 is 0 Å². The van der Waals surface area contributed by atoms with Crippen LogP contribution in [0.4, 0.5) is 0 Å². The maximum atomic E-state index is 8.64. The molecule has 110 valence electrons. The lowest BCUT2D eigenvalue weighted by molar-refractivity contribution is 0.282. The normalized spacial score (nSPS) is 10.3. The molecule has 2 nitrogen and oxygen atoms in total. The van der Waals surface area contributed by atoms with Gasteiger partial charge in [0.05, 0.1) is 6.61 Å². The Morgan fingerprint density at radius 3 is 2.25 bits per heavy atom. The van der Waals surface area contributed by atoms with Crippen LogP contribution in [0.15, 0.2) is 24.3 Å². The van der Waals surface area contributed by atoms with Crippen LogP contribution >= 0.6 is 0 Å². The minimum absolute atomic E-state index is 0.0201. The second-order valence-electron chi connectivity index (χ2n) is 4.47. The van der Waals surface area contributed by atoms with E-state index >= 15 is 0 Å². The molecule has 0 aliphatic rings. The minimum Gasteiger partial charge on any atom is -0.396 e. The van der Waals surface area contributed by atoms with Crippen molar-refractivity contribution in [1.29, 1.82) is 0 Å². The van der Waals surface area contributed by atoms with Gasteiger partial charge in [-0.25, -0.2) is 0 Å². The first-order valence-electron chi connectivity index (χ1n) is 7.42. The maximum Gasteiger partial charge on any atom is 0.0621 e. The van der Waals surface area contributed by atoms with E-state index in [2.05, 4.69) is 35.8 Å². The lowest BCUT2D eigenvalue weighted by Crippen LogP contribution is -1.83. The van der Waals surface area contributed by atoms with Crippen LogP contribution in [0.3, 0.4) is 0 Å². The highest BCUT2D eigenvalue weighted by atomic mass is 16.3. The number of unbranched alkanes of at least 4 members (excludes halogenated alkanes) is 6. The molecule has 0 saturated heterocycles. The molecule has 0 amide bonds. The Bertz CT molecular complexity index is 372. The summed E-state index contributed by atoms with van der Waals surface area (Å²) >= 11 is 0. The van der Waals surface area contributed by atoms with Gasteiger partial charge in [0.15, 0.2) is 0 Å². The summed E-state index contributed by atoms with van der Waals surface area (Å²) in [6.07, 6.45) is 16.4. The van der Waals surface area contributed by atoms with Crippen molar-refractivity contribution in [3.8, 4) is 23.7 Å². The third kappa shape index (κ3) is 16.5. The number of hydrogen-bond acceptors (Lipinski definition) is 2. The van der Waals surface area contributed by atoms with E-state index < -0.39 is 0 Å². The predicted octanol–water partition coefficient (Wildman–Crippen LogP) is 3.21. The molecule has 0 fully saturated rings. The van der Waals surface area contributed by atoms with Crippen molar-refractivity contribution in [3.05, 3.63) is 24.3 Å². The lowest BCUT2D eigenvalue weighted by Gasteiger charge is -1.98. The fourth-order valence-corrected chi connectivity index (χ4v) is 1.63. The van der Waals surface area contributed by atoms with Crippen molar-refractivity contribution in [3.63, 3.8) is 0 Å². The van der Waals surface area contributed by atoms with Gasteiger partial charge in [0.25, 0.3) is 0 Å². The van der Waals surface area contributed by atoms with Crippen LogP contribution in [0.1, 0.15) is 51.4 Å². The van der Waals surface area contributed by atoms with E-state index in [1.165, 1.54) is 25.7 Å². The van der Waals surface area contributed by atoms with Crippen LogP contribution in [-0.4, -0.2) is 23.4 Å². The highest BCUT2D eigenvalue weighted by Gasteiger charge is 1.89. The van der Waals surface area contributed by atoms with E-state index in [0.29, 0.717) is 6.61 Å². The van der Waals surface area contributed by atoms with Gasteiger partial charge in [0.2, 0.25) is 0 Å². The summed E-state index contributed by atoms with van der Waals surface area (Å²) in [6.45, 7) is 0.345. The average molecular weight is 274 g/mol. The first-order chi connectivity index (χ1) is 9.91. The van der Waals surface area contributed by atoms with Crippen LogP contribution in [0.2, 0.25) is 0 Å². The standard InChI is InChI=1S/C18H26O2/c19-17-15-13-11-9-7-5-3-1-2-4-6-8-10-12-14-16-18-20/h1-2,14,16,19-20H,3-5,7,9,11,13,15,17-18H2/b2-1-,16-14+. The van der Waals surface area contributed by atoms with Gasteiger partial charge in [0, 0.05) is 13.0 Å². The molecule has 0 spiro atoms. The highest BCUT2D eigenvalue weighted by molar-refractivity contribution is 5.31. The molecule has 0 unspecified atom stereocenters. The molecule has 0 radical (unpaired) electrons. The summed E-state index contributed by atoms with van der Waals surface area (Å²) in [5.41, 5.74) is 0. The van der Waals surface area contributed by atoms with Crippen LogP contribution in [0, 0.1) is 23.7 Å². The first-order valence-corrected chi connectivity index (χ1v) is 7.42. The molecule has 0 aromatic rings. The third-order valence-electron chi connectivity index (χ3n) is 2.70. The zero-order valence-electron chi connectivity index (χ0n) is 12.3. The molecule has 0 heterocycles. The summed E-state index contributed by atoms with van der Waals surface area (Å²) in [4.78, 5) is 0. The van der Waals surface area contributed by atoms with Crippen molar-refractivity contribution in [1.82, 2.24) is 0 Å². The monoisotopic (exact) mass is 274 g/mol. The molecule has 0 bridgehead atoms. The quantitative estimate of drug-likeness (QED) is 0.365. The van der Waals surface area contributed by atoms with Crippen LogP contribution in [0.25, 0.3) is 0 Å². The zero-order valence-corrected chi connectivity index (χ0v) is 12.3. The van der Waals surface area contributed by atoms with Crippen molar-refractivity contribution in [2.75, 3.05) is 13.2 Å².